The molecule has 0 fully saturated rings. The molecule has 2 nitrogen and oxygen atoms in total. The first-order chi connectivity index (χ1) is 7.74. The fraction of sp³-hybridized carbons (Fsp3) is 0.417. The molecule has 0 bridgehead atoms. The molecule has 0 aliphatic rings. The molecule has 1 rings (SSSR count). The van der Waals surface area contributed by atoms with Gasteiger partial charge in [-0.05, 0) is 19.4 Å². The molecule has 1 atom stereocenters. The van der Waals surface area contributed by atoms with Crippen molar-refractivity contribution in [2.24, 2.45) is 0 Å². The van der Waals surface area contributed by atoms with Gasteiger partial charge in [0.25, 0.3) is 0 Å². The van der Waals surface area contributed by atoms with Crippen LogP contribution in [0, 0.1) is 0 Å². The Balaban J connectivity index is 2.23. The Morgan fingerprint density at radius 3 is 2.69 bits per heavy atom. The second-order valence-corrected chi connectivity index (χ2v) is 5.95. The molecular weight excluding hydrogens is 240 g/mol. The van der Waals surface area contributed by atoms with Crippen LogP contribution in [0.3, 0.4) is 0 Å². The van der Waals surface area contributed by atoms with Crippen molar-refractivity contribution >= 4 is 27.6 Å². The van der Waals surface area contributed by atoms with Crippen molar-refractivity contribution in [2.45, 2.75) is 24.9 Å². The van der Waals surface area contributed by atoms with Crippen LogP contribution in [0.4, 0.5) is 0 Å². The summed E-state index contributed by atoms with van der Waals surface area (Å²) in [6.07, 6.45) is 0. The minimum atomic E-state index is -0.131. The number of benzene rings is 1. The highest BCUT2D eigenvalue weighted by molar-refractivity contribution is 8.76. The summed E-state index contributed by atoms with van der Waals surface area (Å²) in [7, 11) is 3.25. The number of carbonyl (C=O) groups is 1. The maximum atomic E-state index is 11.3. The molecular formula is C12H16O2S2. The van der Waals surface area contributed by atoms with Gasteiger partial charge in [-0.1, -0.05) is 51.9 Å². The van der Waals surface area contributed by atoms with E-state index in [1.165, 1.54) is 5.56 Å². The van der Waals surface area contributed by atoms with Crippen LogP contribution >= 0.6 is 21.6 Å². The molecule has 0 radical (unpaired) electrons. The van der Waals surface area contributed by atoms with Crippen molar-refractivity contribution in [1.82, 2.24) is 0 Å². The molecule has 0 aliphatic heterocycles. The van der Waals surface area contributed by atoms with E-state index in [0.29, 0.717) is 6.61 Å². The molecule has 0 saturated heterocycles. The SMILES string of the molecule is CCOC(=O)C(C)SSCc1ccccc1. The second-order valence-electron chi connectivity index (χ2n) is 3.24. The molecule has 1 aromatic rings. The van der Waals surface area contributed by atoms with E-state index in [4.69, 9.17) is 4.74 Å². The lowest BCUT2D eigenvalue weighted by Crippen LogP contribution is -2.15. The van der Waals surface area contributed by atoms with Crippen LogP contribution in [-0.2, 0) is 15.3 Å². The second kappa shape index (κ2) is 7.63. The lowest BCUT2D eigenvalue weighted by atomic mass is 10.2. The van der Waals surface area contributed by atoms with Crippen molar-refractivity contribution in [2.75, 3.05) is 6.61 Å². The van der Waals surface area contributed by atoms with E-state index in [1.54, 1.807) is 21.6 Å². The van der Waals surface area contributed by atoms with Gasteiger partial charge in [0, 0.05) is 5.75 Å². The number of ether oxygens (including phenoxy) is 1. The average Bonchev–Trinajstić information content (AvgIpc) is 2.30. The lowest BCUT2D eigenvalue weighted by molar-refractivity contribution is -0.142. The minimum Gasteiger partial charge on any atom is -0.465 e. The Kier molecular flexibility index (Phi) is 6.42. The van der Waals surface area contributed by atoms with E-state index in [9.17, 15) is 4.79 Å². The van der Waals surface area contributed by atoms with E-state index < -0.39 is 0 Å². The zero-order valence-electron chi connectivity index (χ0n) is 9.51. The Labute approximate surface area is 105 Å². The minimum absolute atomic E-state index is 0.103. The van der Waals surface area contributed by atoms with E-state index in [0.717, 1.165) is 5.75 Å². The summed E-state index contributed by atoms with van der Waals surface area (Å²) in [4.78, 5) is 11.3. The molecule has 0 heterocycles. The molecule has 1 unspecified atom stereocenters. The zero-order valence-corrected chi connectivity index (χ0v) is 11.1. The van der Waals surface area contributed by atoms with Crippen LogP contribution in [-0.4, -0.2) is 17.8 Å². The first-order valence-corrected chi connectivity index (χ1v) is 7.61. The summed E-state index contributed by atoms with van der Waals surface area (Å²) in [6, 6.07) is 10.2. The van der Waals surface area contributed by atoms with Crippen LogP contribution in [0.5, 0.6) is 0 Å². The molecule has 0 amide bonds. The maximum absolute atomic E-state index is 11.3. The van der Waals surface area contributed by atoms with Crippen LogP contribution < -0.4 is 0 Å². The zero-order chi connectivity index (χ0) is 11.8. The number of hydrogen-bond acceptors (Lipinski definition) is 4. The fourth-order valence-electron chi connectivity index (χ4n) is 1.08. The Morgan fingerprint density at radius 1 is 1.38 bits per heavy atom. The molecule has 16 heavy (non-hydrogen) atoms. The van der Waals surface area contributed by atoms with Gasteiger partial charge in [0.15, 0.2) is 0 Å². The molecule has 1 aromatic carbocycles. The normalized spacial score (nSPS) is 12.1. The van der Waals surface area contributed by atoms with Crippen LogP contribution in [0.1, 0.15) is 19.4 Å². The van der Waals surface area contributed by atoms with Crippen LogP contribution in [0.15, 0.2) is 30.3 Å². The van der Waals surface area contributed by atoms with Crippen molar-refractivity contribution in [3.8, 4) is 0 Å². The third-order valence-electron chi connectivity index (χ3n) is 1.90. The Morgan fingerprint density at radius 2 is 2.06 bits per heavy atom. The van der Waals surface area contributed by atoms with Gasteiger partial charge in [-0.3, -0.25) is 4.79 Å². The van der Waals surface area contributed by atoms with E-state index in [2.05, 4.69) is 12.1 Å². The van der Waals surface area contributed by atoms with Crippen LogP contribution in [0.2, 0.25) is 0 Å². The monoisotopic (exact) mass is 256 g/mol. The van der Waals surface area contributed by atoms with Gasteiger partial charge in [0.05, 0.1) is 6.61 Å². The summed E-state index contributed by atoms with van der Waals surface area (Å²) >= 11 is 0. The highest BCUT2D eigenvalue weighted by Crippen LogP contribution is 2.30. The Hall–Kier alpha value is -0.610. The number of rotatable bonds is 6. The predicted octanol–water partition coefficient (Wildman–Crippen LogP) is 3.52. The number of esters is 1. The highest BCUT2D eigenvalue weighted by atomic mass is 33.1. The van der Waals surface area contributed by atoms with E-state index in [1.807, 2.05) is 32.0 Å². The van der Waals surface area contributed by atoms with Crippen molar-refractivity contribution in [1.29, 1.82) is 0 Å². The molecule has 0 spiro atoms. The third-order valence-corrected chi connectivity index (χ3v) is 4.60. The van der Waals surface area contributed by atoms with Crippen molar-refractivity contribution in [3.63, 3.8) is 0 Å². The average molecular weight is 256 g/mol. The number of hydrogen-bond donors (Lipinski definition) is 0. The summed E-state index contributed by atoms with van der Waals surface area (Å²) in [5, 5.41) is -0.103. The third kappa shape index (κ3) is 4.94. The summed E-state index contributed by atoms with van der Waals surface area (Å²) in [5.74, 6) is 0.781. The molecule has 88 valence electrons. The highest BCUT2D eigenvalue weighted by Gasteiger charge is 2.14. The quantitative estimate of drug-likeness (QED) is 0.574. The predicted molar refractivity (Wildman–Crippen MR) is 71.4 cm³/mol. The lowest BCUT2D eigenvalue weighted by Gasteiger charge is -2.09. The van der Waals surface area contributed by atoms with E-state index in [-0.39, 0.29) is 11.2 Å². The molecule has 0 N–H and O–H groups in total. The molecule has 0 aromatic heterocycles. The van der Waals surface area contributed by atoms with Gasteiger partial charge in [0.1, 0.15) is 5.25 Å². The van der Waals surface area contributed by atoms with Gasteiger partial charge in [-0.15, -0.1) is 0 Å². The van der Waals surface area contributed by atoms with Crippen molar-refractivity contribution in [3.05, 3.63) is 35.9 Å². The Bertz CT molecular complexity index is 314. The number of carbonyl (C=O) groups excluding carboxylic acids is 1. The molecule has 0 saturated carbocycles. The first-order valence-electron chi connectivity index (χ1n) is 5.23. The topological polar surface area (TPSA) is 26.3 Å². The van der Waals surface area contributed by atoms with Crippen molar-refractivity contribution < 1.29 is 9.53 Å². The summed E-state index contributed by atoms with van der Waals surface area (Å²) in [5.41, 5.74) is 1.27. The van der Waals surface area contributed by atoms with E-state index >= 15 is 0 Å². The smallest absolute Gasteiger partial charge is 0.319 e. The van der Waals surface area contributed by atoms with Crippen LogP contribution in [0.25, 0.3) is 0 Å². The van der Waals surface area contributed by atoms with Gasteiger partial charge in [0.2, 0.25) is 0 Å². The summed E-state index contributed by atoms with van der Waals surface area (Å²) in [6.45, 7) is 4.15. The van der Waals surface area contributed by atoms with Gasteiger partial charge < -0.3 is 4.74 Å². The molecule has 0 aliphatic carbocycles. The van der Waals surface area contributed by atoms with Gasteiger partial charge in [-0.25, -0.2) is 0 Å². The largest absolute Gasteiger partial charge is 0.465 e. The fourth-order valence-corrected chi connectivity index (χ4v) is 3.29. The maximum Gasteiger partial charge on any atom is 0.319 e. The standard InChI is InChI=1S/C12H16O2S2/c1-3-14-12(13)10(2)16-15-9-11-7-5-4-6-8-11/h4-8,10H,3,9H2,1-2H3. The molecule has 4 heteroatoms. The first kappa shape index (κ1) is 13.5. The van der Waals surface area contributed by atoms with Gasteiger partial charge >= 0.3 is 5.97 Å². The summed E-state index contributed by atoms with van der Waals surface area (Å²) < 4.78 is 4.93. The van der Waals surface area contributed by atoms with Gasteiger partial charge in [-0.2, -0.15) is 0 Å².